The second-order valence-electron chi connectivity index (χ2n) is 6.42. The first-order valence-electron chi connectivity index (χ1n) is 8.94. The second kappa shape index (κ2) is 8.89. The van der Waals surface area contributed by atoms with Crippen LogP contribution in [0.15, 0.2) is 52.9 Å². The van der Waals surface area contributed by atoms with E-state index < -0.39 is 12.8 Å². The van der Waals surface area contributed by atoms with Crippen LogP contribution in [0.4, 0.5) is 13.2 Å². The fraction of sp³-hybridized carbons (Fsp3) is 0.286. The summed E-state index contributed by atoms with van der Waals surface area (Å²) in [6.45, 7) is -1.12. The van der Waals surface area contributed by atoms with Gasteiger partial charge in [-0.2, -0.15) is 13.2 Å². The summed E-state index contributed by atoms with van der Waals surface area (Å²) in [4.78, 5) is 12.1. The third-order valence-corrected chi connectivity index (χ3v) is 4.20. The van der Waals surface area contributed by atoms with Crippen molar-refractivity contribution in [2.75, 3.05) is 13.7 Å². The molecule has 1 heterocycles. The van der Waals surface area contributed by atoms with Crippen molar-refractivity contribution in [3.8, 4) is 11.5 Å². The van der Waals surface area contributed by atoms with Crippen molar-refractivity contribution in [3.05, 3.63) is 59.9 Å². The van der Waals surface area contributed by atoms with E-state index in [1.54, 1.807) is 12.1 Å². The van der Waals surface area contributed by atoms with Crippen LogP contribution in [0.5, 0.6) is 11.5 Å². The van der Waals surface area contributed by atoms with E-state index in [0.29, 0.717) is 12.2 Å². The zero-order valence-electron chi connectivity index (χ0n) is 15.7. The quantitative estimate of drug-likeness (QED) is 0.591. The molecule has 0 atom stereocenters. The lowest BCUT2D eigenvalue weighted by Crippen LogP contribution is -2.22. The van der Waals surface area contributed by atoms with Gasteiger partial charge in [0.2, 0.25) is 5.91 Å². The molecule has 0 aliphatic carbocycles. The highest BCUT2D eigenvalue weighted by Gasteiger charge is 2.29. The standard InChI is InChI=1S/C21H20F3NO4/c1-27-19-10-14(6-8-18(19)28-13-21(22,23)24)7-9-20(26)25-12-16-11-15-4-2-3-5-17(15)29-16/h2-6,8,10-11H,7,9,12-13H2,1H3,(H,25,26). The van der Waals surface area contributed by atoms with Crippen LogP contribution in [0.1, 0.15) is 17.7 Å². The Kier molecular flexibility index (Phi) is 6.31. The molecule has 1 N–H and O–H groups in total. The number of amides is 1. The SMILES string of the molecule is COc1cc(CCC(=O)NCc2cc3ccccc3o2)ccc1OCC(F)(F)F. The molecule has 1 aromatic heterocycles. The molecule has 154 valence electrons. The fourth-order valence-electron chi connectivity index (χ4n) is 2.80. The van der Waals surface area contributed by atoms with Crippen LogP contribution in [0.25, 0.3) is 11.0 Å². The minimum Gasteiger partial charge on any atom is -0.493 e. The number of carbonyl (C=O) groups is 1. The zero-order valence-corrected chi connectivity index (χ0v) is 15.7. The summed E-state index contributed by atoms with van der Waals surface area (Å²) in [5, 5.41) is 3.76. The number of nitrogens with one attached hydrogen (secondary N) is 1. The van der Waals surface area contributed by atoms with Gasteiger partial charge < -0.3 is 19.2 Å². The number of para-hydroxylation sites is 1. The summed E-state index contributed by atoms with van der Waals surface area (Å²) in [5.41, 5.74) is 1.51. The molecule has 3 aromatic rings. The Morgan fingerprint density at radius 3 is 2.62 bits per heavy atom. The van der Waals surface area contributed by atoms with E-state index in [0.717, 1.165) is 16.5 Å². The van der Waals surface area contributed by atoms with E-state index >= 15 is 0 Å². The van der Waals surface area contributed by atoms with Crippen molar-refractivity contribution in [2.24, 2.45) is 0 Å². The Balaban J connectivity index is 1.51. The van der Waals surface area contributed by atoms with Crippen molar-refractivity contribution in [1.29, 1.82) is 0 Å². The number of aryl methyl sites for hydroxylation is 1. The lowest BCUT2D eigenvalue weighted by molar-refractivity contribution is -0.153. The van der Waals surface area contributed by atoms with Gasteiger partial charge in [-0.15, -0.1) is 0 Å². The maximum Gasteiger partial charge on any atom is 0.422 e. The van der Waals surface area contributed by atoms with E-state index in [1.807, 2.05) is 30.3 Å². The minimum absolute atomic E-state index is 0.00270. The summed E-state index contributed by atoms with van der Waals surface area (Å²) >= 11 is 0. The number of carbonyl (C=O) groups excluding carboxylic acids is 1. The molecular weight excluding hydrogens is 387 g/mol. The highest BCUT2D eigenvalue weighted by molar-refractivity contribution is 5.78. The molecule has 0 saturated heterocycles. The lowest BCUT2D eigenvalue weighted by atomic mass is 10.1. The molecule has 0 unspecified atom stereocenters. The molecule has 0 fully saturated rings. The van der Waals surface area contributed by atoms with E-state index in [4.69, 9.17) is 13.9 Å². The number of hydrogen-bond donors (Lipinski definition) is 1. The summed E-state index contributed by atoms with van der Waals surface area (Å²) < 4.78 is 52.4. The molecule has 8 heteroatoms. The minimum atomic E-state index is -4.43. The van der Waals surface area contributed by atoms with Crippen molar-refractivity contribution in [2.45, 2.75) is 25.6 Å². The van der Waals surface area contributed by atoms with Gasteiger partial charge in [0.05, 0.1) is 13.7 Å². The number of hydrogen-bond acceptors (Lipinski definition) is 4. The Bertz CT molecular complexity index is 948. The zero-order chi connectivity index (χ0) is 20.9. The van der Waals surface area contributed by atoms with E-state index in [2.05, 4.69) is 5.32 Å². The van der Waals surface area contributed by atoms with Crippen LogP contribution < -0.4 is 14.8 Å². The number of fused-ring (bicyclic) bond motifs is 1. The third kappa shape index (κ3) is 5.91. The molecule has 5 nitrogen and oxygen atoms in total. The fourth-order valence-corrected chi connectivity index (χ4v) is 2.80. The van der Waals surface area contributed by atoms with Gasteiger partial charge >= 0.3 is 6.18 Å². The molecule has 1 amide bonds. The maximum atomic E-state index is 12.3. The van der Waals surface area contributed by atoms with Gasteiger partial charge in [-0.3, -0.25) is 4.79 Å². The van der Waals surface area contributed by atoms with Gasteiger partial charge in [0.25, 0.3) is 0 Å². The largest absolute Gasteiger partial charge is 0.493 e. The van der Waals surface area contributed by atoms with Gasteiger partial charge in [0.1, 0.15) is 11.3 Å². The topological polar surface area (TPSA) is 60.7 Å². The average Bonchev–Trinajstić information content (AvgIpc) is 3.11. The van der Waals surface area contributed by atoms with Crippen molar-refractivity contribution in [1.82, 2.24) is 5.32 Å². The normalized spacial score (nSPS) is 11.4. The predicted molar refractivity (Wildman–Crippen MR) is 101 cm³/mol. The molecular formula is C21H20F3NO4. The van der Waals surface area contributed by atoms with Gasteiger partial charge in [0.15, 0.2) is 18.1 Å². The number of furan rings is 1. The molecule has 0 saturated carbocycles. The Morgan fingerprint density at radius 2 is 1.90 bits per heavy atom. The van der Waals surface area contributed by atoms with Crippen molar-refractivity contribution >= 4 is 16.9 Å². The molecule has 3 rings (SSSR count). The second-order valence-corrected chi connectivity index (χ2v) is 6.42. The van der Waals surface area contributed by atoms with Crippen LogP contribution in [0, 0.1) is 0 Å². The first kappa shape index (κ1) is 20.6. The van der Waals surface area contributed by atoms with Crippen LogP contribution in [0.3, 0.4) is 0 Å². The van der Waals surface area contributed by atoms with E-state index in [-0.39, 0.29) is 30.4 Å². The van der Waals surface area contributed by atoms with Crippen LogP contribution >= 0.6 is 0 Å². The Hall–Kier alpha value is -3.16. The smallest absolute Gasteiger partial charge is 0.422 e. The van der Waals surface area contributed by atoms with Crippen LogP contribution in [-0.4, -0.2) is 25.8 Å². The third-order valence-electron chi connectivity index (χ3n) is 4.20. The molecule has 0 spiro atoms. The monoisotopic (exact) mass is 407 g/mol. The molecule has 0 aliphatic heterocycles. The van der Waals surface area contributed by atoms with Crippen molar-refractivity contribution in [3.63, 3.8) is 0 Å². The first-order chi connectivity index (χ1) is 13.8. The molecule has 0 aliphatic rings. The summed E-state index contributed by atoms with van der Waals surface area (Å²) in [7, 11) is 1.35. The maximum absolute atomic E-state index is 12.3. The molecule has 0 radical (unpaired) electrons. The molecule has 0 bridgehead atoms. The van der Waals surface area contributed by atoms with Crippen LogP contribution in [0.2, 0.25) is 0 Å². The number of alkyl halides is 3. The highest BCUT2D eigenvalue weighted by atomic mass is 19.4. The highest BCUT2D eigenvalue weighted by Crippen LogP contribution is 2.30. The Labute approximate surface area is 165 Å². The number of rotatable bonds is 8. The van der Waals surface area contributed by atoms with Crippen LogP contribution in [-0.2, 0) is 17.8 Å². The van der Waals surface area contributed by atoms with Gasteiger partial charge in [0, 0.05) is 11.8 Å². The van der Waals surface area contributed by atoms with Gasteiger partial charge in [-0.1, -0.05) is 24.3 Å². The van der Waals surface area contributed by atoms with E-state index in [1.165, 1.54) is 13.2 Å². The molecule has 2 aromatic carbocycles. The number of benzene rings is 2. The Morgan fingerprint density at radius 1 is 1.10 bits per heavy atom. The first-order valence-corrected chi connectivity index (χ1v) is 8.94. The average molecular weight is 407 g/mol. The summed E-state index contributed by atoms with van der Waals surface area (Å²) in [6, 6.07) is 14.0. The summed E-state index contributed by atoms with van der Waals surface area (Å²) in [5.74, 6) is 0.687. The molecule has 29 heavy (non-hydrogen) atoms. The van der Waals surface area contributed by atoms with Gasteiger partial charge in [-0.25, -0.2) is 0 Å². The summed E-state index contributed by atoms with van der Waals surface area (Å²) in [6.07, 6.45) is -3.81. The lowest BCUT2D eigenvalue weighted by Gasteiger charge is -2.13. The number of ether oxygens (including phenoxy) is 2. The number of halogens is 3. The van der Waals surface area contributed by atoms with Crippen molar-refractivity contribution < 1.29 is 31.9 Å². The van der Waals surface area contributed by atoms with E-state index in [9.17, 15) is 18.0 Å². The predicted octanol–water partition coefficient (Wildman–Crippen LogP) is 4.63. The van der Waals surface area contributed by atoms with Gasteiger partial charge in [-0.05, 0) is 36.2 Å². The number of methoxy groups -OCH3 is 1.